The highest BCUT2D eigenvalue weighted by Gasteiger charge is 2.39. The van der Waals surface area contributed by atoms with Crippen molar-refractivity contribution in [2.75, 3.05) is 0 Å². The van der Waals surface area contributed by atoms with Crippen LogP contribution in [0.1, 0.15) is 44.9 Å². The molecule has 0 aliphatic heterocycles. The van der Waals surface area contributed by atoms with Crippen LogP contribution in [0.25, 0.3) is 6.08 Å². The highest BCUT2D eigenvalue weighted by Crippen LogP contribution is 2.40. The van der Waals surface area contributed by atoms with Crippen LogP contribution in [0.3, 0.4) is 0 Å². The van der Waals surface area contributed by atoms with Gasteiger partial charge in [0.15, 0.2) is 0 Å². The summed E-state index contributed by atoms with van der Waals surface area (Å²) in [6.07, 6.45) is 6.54. The summed E-state index contributed by atoms with van der Waals surface area (Å²) in [6.45, 7) is -0.0772. The van der Waals surface area contributed by atoms with Crippen molar-refractivity contribution in [1.82, 2.24) is 0 Å². The highest BCUT2D eigenvalue weighted by molar-refractivity contribution is 7.13. The lowest BCUT2D eigenvalue weighted by Gasteiger charge is -2.20. The van der Waals surface area contributed by atoms with Gasteiger partial charge in [0.25, 0.3) is 0 Å². The second-order valence-corrected chi connectivity index (χ2v) is 9.60. The van der Waals surface area contributed by atoms with Gasteiger partial charge in [0.2, 0.25) is 0 Å². The minimum Gasteiger partial charge on any atom is -0.477 e. The van der Waals surface area contributed by atoms with Gasteiger partial charge in [-0.3, -0.25) is 0 Å². The summed E-state index contributed by atoms with van der Waals surface area (Å²) in [5.74, 6) is -0.790. The molecule has 7 heteroatoms. The third-order valence-electron chi connectivity index (χ3n) is 5.38. The predicted octanol–water partition coefficient (Wildman–Crippen LogP) is 5.23. The number of aromatic carboxylic acids is 1. The number of aliphatic hydroxyl groups excluding tert-OH is 2. The standard InChI is InChI=1S/C22H24Cl2O4S/c23-15-9-13(8-14(10-15)12-25)4-6-18-17(19(24)11-20(18)26)3-1-2-16-5-7-21(29-16)22(27)28/h4-10,17-20,25-26H,1-3,11-12H2,(H,27,28)/t17-,18+,19+,20-/m1/s1. The van der Waals surface area contributed by atoms with Crippen molar-refractivity contribution in [3.05, 3.63) is 62.3 Å². The minimum absolute atomic E-state index is 0.0491. The summed E-state index contributed by atoms with van der Waals surface area (Å²) >= 11 is 13.9. The monoisotopic (exact) mass is 454 g/mol. The van der Waals surface area contributed by atoms with E-state index in [-0.39, 0.29) is 23.8 Å². The number of halogens is 2. The normalized spacial score (nSPS) is 24.4. The smallest absolute Gasteiger partial charge is 0.345 e. The first-order valence-corrected chi connectivity index (χ1v) is 11.2. The van der Waals surface area contributed by atoms with Gasteiger partial charge >= 0.3 is 5.97 Å². The Morgan fingerprint density at radius 2 is 2.07 bits per heavy atom. The molecule has 2 aromatic rings. The number of thiophene rings is 1. The summed E-state index contributed by atoms with van der Waals surface area (Å²) < 4.78 is 0. The van der Waals surface area contributed by atoms with Crippen LogP contribution in [0.15, 0.2) is 36.4 Å². The number of benzene rings is 1. The topological polar surface area (TPSA) is 77.8 Å². The van der Waals surface area contributed by atoms with E-state index in [4.69, 9.17) is 28.3 Å². The fraction of sp³-hybridized carbons (Fsp3) is 0.409. The third kappa shape index (κ3) is 5.83. The predicted molar refractivity (Wildman–Crippen MR) is 118 cm³/mol. The third-order valence-corrected chi connectivity index (χ3v) is 7.23. The van der Waals surface area contributed by atoms with Gasteiger partial charge in [-0.2, -0.15) is 0 Å². The number of carboxylic acid groups (broad SMARTS) is 1. The maximum atomic E-state index is 11.0. The lowest BCUT2D eigenvalue weighted by atomic mass is 9.89. The van der Waals surface area contributed by atoms with Gasteiger partial charge < -0.3 is 15.3 Å². The SMILES string of the molecule is O=C(O)c1ccc(CCC[C@@H]2[C@H](C=Cc3cc(Cl)cc(CO)c3)[C@H](O)C[C@@H]2Cl)s1. The molecule has 3 N–H and O–H groups in total. The average Bonchev–Trinajstić information content (AvgIpc) is 3.25. The summed E-state index contributed by atoms with van der Waals surface area (Å²) in [4.78, 5) is 12.4. The molecule has 0 bridgehead atoms. The van der Waals surface area contributed by atoms with Crippen LogP contribution in [-0.4, -0.2) is 32.8 Å². The quantitative estimate of drug-likeness (QED) is 0.477. The highest BCUT2D eigenvalue weighted by atomic mass is 35.5. The Labute approximate surface area is 184 Å². The maximum Gasteiger partial charge on any atom is 0.345 e. The summed E-state index contributed by atoms with van der Waals surface area (Å²) in [6, 6.07) is 8.92. The van der Waals surface area contributed by atoms with Gasteiger partial charge in [0.1, 0.15) is 4.88 Å². The van der Waals surface area contributed by atoms with Crippen molar-refractivity contribution in [3.8, 4) is 0 Å². The second-order valence-electron chi connectivity index (χ2n) is 7.43. The van der Waals surface area contributed by atoms with Gasteiger partial charge in [-0.1, -0.05) is 23.8 Å². The summed E-state index contributed by atoms with van der Waals surface area (Å²) in [5, 5.41) is 29.3. The van der Waals surface area contributed by atoms with Gasteiger partial charge in [0.05, 0.1) is 12.7 Å². The zero-order chi connectivity index (χ0) is 21.0. The lowest BCUT2D eigenvalue weighted by Crippen LogP contribution is -2.18. The van der Waals surface area contributed by atoms with E-state index in [1.165, 1.54) is 11.3 Å². The van der Waals surface area contributed by atoms with E-state index in [0.717, 1.165) is 35.3 Å². The van der Waals surface area contributed by atoms with E-state index in [0.29, 0.717) is 16.3 Å². The van der Waals surface area contributed by atoms with Gasteiger partial charge in [-0.15, -0.1) is 22.9 Å². The number of aryl methyl sites for hydroxylation is 1. The molecule has 4 atom stereocenters. The molecule has 3 rings (SSSR count). The fourth-order valence-corrected chi connectivity index (χ4v) is 5.59. The van der Waals surface area contributed by atoms with Crippen molar-refractivity contribution in [1.29, 1.82) is 0 Å². The van der Waals surface area contributed by atoms with E-state index in [1.54, 1.807) is 12.1 Å². The Morgan fingerprint density at radius 3 is 2.76 bits per heavy atom. The number of carbonyl (C=O) groups is 1. The van der Waals surface area contributed by atoms with Crippen molar-refractivity contribution in [2.45, 2.75) is 43.8 Å². The van der Waals surface area contributed by atoms with Crippen LogP contribution >= 0.6 is 34.5 Å². The lowest BCUT2D eigenvalue weighted by molar-refractivity contribution is 0.0702. The van der Waals surface area contributed by atoms with Crippen molar-refractivity contribution in [3.63, 3.8) is 0 Å². The molecular weight excluding hydrogens is 431 g/mol. The van der Waals surface area contributed by atoms with Crippen LogP contribution in [0.2, 0.25) is 5.02 Å². The molecule has 0 radical (unpaired) electrons. The summed E-state index contributed by atoms with van der Waals surface area (Å²) in [5.41, 5.74) is 1.62. The Morgan fingerprint density at radius 1 is 1.28 bits per heavy atom. The van der Waals surface area contributed by atoms with Gasteiger partial charge in [0, 0.05) is 21.2 Å². The van der Waals surface area contributed by atoms with Crippen molar-refractivity contribution in [2.24, 2.45) is 11.8 Å². The van der Waals surface area contributed by atoms with E-state index >= 15 is 0 Å². The van der Waals surface area contributed by atoms with Crippen LogP contribution in [0.4, 0.5) is 0 Å². The molecule has 4 nitrogen and oxygen atoms in total. The molecule has 156 valence electrons. The maximum absolute atomic E-state index is 11.0. The molecule has 1 aromatic carbocycles. The second kappa shape index (κ2) is 10.1. The Balaban J connectivity index is 1.63. The molecule has 1 saturated carbocycles. The van der Waals surface area contributed by atoms with Crippen LogP contribution in [0.5, 0.6) is 0 Å². The molecule has 0 unspecified atom stereocenters. The molecule has 1 fully saturated rings. The number of carboxylic acids is 1. The largest absolute Gasteiger partial charge is 0.477 e. The molecule has 0 saturated heterocycles. The first kappa shape index (κ1) is 22.3. The molecule has 0 amide bonds. The average molecular weight is 455 g/mol. The van der Waals surface area contributed by atoms with Crippen LogP contribution in [0, 0.1) is 11.8 Å². The zero-order valence-electron chi connectivity index (χ0n) is 15.8. The van der Waals surface area contributed by atoms with E-state index < -0.39 is 12.1 Å². The van der Waals surface area contributed by atoms with Crippen LogP contribution in [-0.2, 0) is 13.0 Å². The van der Waals surface area contributed by atoms with Gasteiger partial charge in [-0.05, 0) is 73.1 Å². The van der Waals surface area contributed by atoms with Gasteiger partial charge in [-0.25, -0.2) is 4.79 Å². The Bertz CT molecular complexity index is 879. The van der Waals surface area contributed by atoms with E-state index in [1.807, 2.05) is 30.4 Å². The molecule has 1 aliphatic carbocycles. The first-order valence-electron chi connectivity index (χ1n) is 9.60. The van der Waals surface area contributed by atoms with Crippen LogP contribution < -0.4 is 0 Å². The minimum atomic E-state index is -0.892. The molecule has 1 aromatic heterocycles. The number of hydrogen-bond acceptors (Lipinski definition) is 4. The first-order chi connectivity index (χ1) is 13.9. The number of hydrogen-bond donors (Lipinski definition) is 3. The van der Waals surface area contributed by atoms with Crippen molar-refractivity contribution < 1.29 is 20.1 Å². The molecular formula is C22H24Cl2O4S. The number of alkyl halides is 1. The van der Waals surface area contributed by atoms with E-state index in [2.05, 4.69) is 0 Å². The fourth-order valence-electron chi connectivity index (χ4n) is 3.96. The Kier molecular flexibility index (Phi) is 7.77. The van der Waals surface area contributed by atoms with E-state index in [9.17, 15) is 15.0 Å². The molecule has 0 spiro atoms. The number of rotatable bonds is 8. The van der Waals surface area contributed by atoms with Crippen molar-refractivity contribution >= 4 is 46.6 Å². The Hall–Kier alpha value is -1.37. The zero-order valence-corrected chi connectivity index (χ0v) is 18.1. The molecule has 29 heavy (non-hydrogen) atoms. The number of aliphatic hydroxyl groups is 2. The molecule has 1 aliphatic rings. The summed E-state index contributed by atoms with van der Waals surface area (Å²) in [7, 11) is 0. The molecule has 1 heterocycles.